The molecule has 76 valence electrons. The fourth-order valence-electron chi connectivity index (χ4n) is 1.59. The maximum Gasteiger partial charge on any atom is 0.289 e. The molecule has 6 heteroatoms. The predicted octanol–water partition coefficient (Wildman–Crippen LogP) is 1.41. The van der Waals surface area contributed by atoms with Crippen LogP contribution >= 0.6 is 0 Å². The highest BCUT2D eigenvalue weighted by Gasteiger charge is 2.42. The molecule has 0 spiro atoms. The van der Waals surface area contributed by atoms with E-state index in [0.717, 1.165) is 0 Å². The molecular weight excluding hydrogens is 192 g/mol. The van der Waals surface area contributed by atoms with Crippen LogP contribution in [0.1, 0.15) is 24.6 Å². The van der Waals surface area contributed by atoms with E-state index in [1.807, 2.05) is 0 Å². The van der Waals surface area contributed by atoms with Gasteiger partial charge in [-0.3, -0.25) is 9.89 Å². The number of aromatic amines is 1. The highest BCUT2D eigenvalue weighted by atomic mass is 19.3. The first-order valence-electron chi connectivity index (χ1n) is 4.24. The average molecular weight is 201 g/mol. The smallest absolute Gasteiger partial charge is 0.289 e. The minimum atomic E-state index is -2.83. The van der Waals surface area contributed by atoms with Gasteiger partial charge in [0.2, 0.25) is 5.91 Å². The zero-order chi connectivity index (χ0) is 10.3. The van der Waals surface area contributed by atoms with Crippen molar-refractivity contribution >= 4 is 11.7 Å². The average Bonchev–Trinajstić information content (AvgIpc) is 2.55. The molecule has 4 nitrogen and oxygen atoms in total. The van der Waals surface area contributed by atoms with Crippen molar-refractivity contribution in [3.8, 4) is 0 Å². The van der Waals surface area contributed by atoms with Crippen molar-refractivity contribution in [2.75, 3.05) is 5.32 Å². The van der Waals surface area contributed by atoms with Gasteiger partial charge < -0.3 is 5.32 Å². The van der Waals surface area contributed by atoms with Gasteiger partial charge in [-0.25, -0.2) is 0 Å². The Morgan fingerprint density at radius 1 is 1.64 bits per heavy atom. The van der Waals surface area contributed by atoms with E-state index < -0.39 is 5.92 Å². The molecule has 2 N–H and O–H groups in total. The van der Waals surface area contributed by atoms with Crippen molar-refractivity contribution in [1.29, 1.82) is 0 Å². The second kappa shape index (κ2) is 2.76. The molecule has 0 saturated heterocycles. The predicted molar refractivity (Wildman–Crippen MR) is 45.1 cm³/mol. The number of aromatic nitrogens is 2. The van der Waals surface area contributed by atoms with Gasteiger partial charge in [-0.2, -0.15) is 13.9 Å². The van der Waals surface area contributed by atoms with Crippen molar-refractivity contribution in [2.45, 2.75) is 25.7 Å². The molecule has 0 unspecified atom stereocenters. The number of hydrogen-bond donors (Lipinski definition) is 2. The molecular formula is C8H9F2N3O. The second-order valence-corrected chi connectivity index (χ2v) is 3.31. The van der Waals surface area contributed by atoms with Gasteiger partial charge in [-0.15, -0.1) is 0 Å². The molecule has 1 aliphatic rings. The quantitative estimate of drug-likeness (QED) is 0.721. The molecule has 0 aromatic carbocycles. The lowest BCUT2D eigenvalue weighted by Crippen LogP contribution is -2.08. The summed E-state index contributed by atoms with van der Waals surface area (Å²) >= 11 is 0. The number of rotatable bonds is 1. The van der Waals surface area contributed by atoms with Crippen molar-refractivity contribution in [3.05, 3.63) is 11.3 Å². The maximum atomic E-state index is 13.1. The number of fused-ring (bicyclic) bond motifs is 1. The van der Waals surface area contributed by atoms with E-state index in [9.17, 15) is 13.6 Å². The summed E-state index contributed by atoms with van der Waals surface area (Å²) in [7, 11) is 0. The van der Waals surface area contributed by atoms with Gasteiger partial charge in [0.15, 0.2) is 5.82 Å². The lowest BCUT2D eigenvalue weighted by Gasteiger charge is -2.05. The number of carbonyl (C=O) groups excluding carboxylic acids is 1. The summed E-state index contributed by atoms with van der Waals surface area (Å²) in [6, 6.07) is 0. The standard InChI is InChI=1S/C8H9F2N3O/c1-4(14)11-7-5-2-3-8(9,10)6(5)12-13-7/h2-3H2,1H3,(H2,11,12,13,14). The Morgan fingerprint density at radius 2 is 2.36 bits per heavy atom. The van der Waals surface area contributed by atoms with Crippen molar-refractivity contribution < 1.29 is 13.6 Å². The highest BCUT2D eigenvalue weighted by Crippen LogP contribution is 2.42. The van der Waals surface area contributed by atoms with E-state index in [-0.39, 0.29) is 30.3 Å². The molecule has 2 rings (SSSR count). The van der Waals surface area contributed by atoms with Crippen LogP contribution in [0.25, 0.3) is 0 Å². The number of anilines is 1. The molecule has 1 aromatic rings. The first-order valence-corrected chi connectivity index (χ1v) is 4.24. The van der Waals surface area contributed by atoms with E-state index in [2.05, 4.69) is 15.5 Å². The molecule has 1 aromatic heterocycles. The van der Waals surface area contributed by atoms with Gasteiger partial charge in [0, 0.05) is 18.9 Å². The first-order chi connectivity index (χ1) is 6.50. The van der Waals surface area contributed by atoms with E-state index >= 15 is 0 Å². The number of amides is 1. The van der Waals surface area contributed by atoms with Crippen molar-refractivity contribution in [1.82, 2.24) is 10.2 Å². The normalized spacial score (nSPS) is 17.9. The number of hydrogen-bond acceptors (Lipinski definition) is 2. The largest absolute Gasteiger partial charge is 0.309 e. The molecule has 0 fully saturated rings. The molecule has 0 bridgehead atoms. The lowest BCUT2D eigenvalue weighted by atomic mass is 10.2. The van der Waals surface area contributed by atoms with Crippen LogP contribution in [-0.4, -0.2) is 16.1 Å². The lowest BCUT2D eigenvalue weighted by molar-refractivity contribution is -0.114. The van der Waals surface area contributed by atoms with Crippen LogP contribution in [0.4, 0.5) is 14.6 Å². The SMILES string of the molecule is CC(=O)Nc1n[nH]c2c1CCC2(F)F. The van der Waals surface area contributed by atoms with Gasteiger partial charge in [0.1, 0.15) is 5.69 Å². The fourth-order valence-corrected chi connectivity index (χ4v) is 1.59. The summed E-state index contributed by atoms with van der Waals surface area (Å²) in [5.41, 5.74) is 0.256. The van der Waals surface area contributed by atoms with Gasteiger partial charge in [-0.05, 0) is 6.42 Å². The minimum absolute atomic E-state index is 0.166. The van der Waals surface area contributed by atoms with Crippen molar-refractivity contribution in [3.63, 3.8) is 0 Å². The number of alkyl halides is 2. The molecule has 14 heavy (non-hydrogen) atoms. The molecule has 0 saturated carbocycles. The Kier molecular flexibility index (Phi) is 1.80. The van der Waals surface area contributed by atoms with E-state index in [1.165, 1.54) is 6.92 Å². The third kappa shape index (κ3) is 1.26. The Labute approximate surface area is 78.7 Å². The monoisotopic (exact) mass is 201 g/mol. The van der Waals surface area contributed by atoms with E-state index in [4.69, 9.17) is 0 Å². The summed E-state index contributed by atoms with van der Waals surface area (Å²) in [5.74, 6) is -2.92. The van der Waals surface area contributed by atoms with Crippen LogP contribution in [0, 0.1) is 0 Å². The Bertz CT molecular complexity index is 386. The van der Waals surface area contributed by atoms with Crippen LogP contribution in [0.5, 0.6) is 0 Å². The highest BCUT2D eigenvalue weighted by molar-refractivity contribution is 5.88. The van der Waals surface area contributed by atoms with Gasteiger partial charge in [0.05, 0.1) is 0 Å². The molecule has 1 heterocycles. The molecule has 1 aliphatic carbocycles. The number of nitrogens with zero attached hydrogens (tertiary/aromatic N) is 1. The molecule has 0 radical (unpaired) electrons. The molecule has 1 amide bonds. The van der Waals surface area contributed by atoms with Crippen LogP contribution in [0.2, 0.25) is 0 Å². The van der Waals surface area contributed by atoms with E-state index in [0.29, 0.717) is 5.56 Å². The molecule has 0 aliphatic heterocycles. The van der Waals surface area contributed by atoms with Crippen LogP contribution in [0.15, 0.2) is 0 Å². The van der Waals surface area contributed by atoms with Gasteiger partial charge in [-0.1, -0.05) is 0 Å². The minimum Gasteiger partial charge on any atom is -0.309 e. The zero-order valence-corrected chi connectivity index (χ0v) is 7.53. The zero-order valence-electron chi connectivity index (χ0n) is 7.53. The first kappa shape index (κ1) is 9.11. The van der Waals surface area contributed by atoms with Gasteiger partial charge >= 0.3 is 0 Å². The third-order valence-corrected chi connectivity index (χ3v) is 2.22. The van der Waals surface area contributed by atoms with Crippen LogP contribution in [0.3, 0.4) is 0 Å². The second-order valence-electron chi connectivity index (χ2n) is 3.31. The fraction of sp³-hybridized carbons (Fsp3) is 0.500. The van der Waals surface area contributed by atoms with Gasteiger partial charge in [0.25, 0.3) is 5.92 Å². The number of halogens is 2. The summed E-state index contributed by atoms with van der Waals surface area (Å²) in [5, 5.41) is 8.31. The van der Waals surface area contributed by atoms with E-state index in [1.54, 1.807) is 0 Å². The topological polar surface area (TPSA) is 57.8 Å². The number of nitrogens with one attached hydrogen (secondary N) is 2. The van der Waals surface area contributed by atoms with Crippen LogP contribution < -0.4 is 5.32 Å². The summed E-state index contributed by atoms with van der Waals surface area (Å²) < 4.78 is 26.2. The molecule has 0 atom stereocenters. The Balaban J connectivity index is 2.36. The summed E-state index contributed by atoms with van der Waals surface area (Å²) in [6.07, 6.45) is 0.0255. The summed E-state index contributed by atoms with van der Waals surface area (Å²) in [4.78, 5) is 10.7. The van der Waals surface area contributed by atoms with Crippen molar-refractivity contribution in [2.24, 2.45) is 0 Å². The summed E-state index contributed by atoms with van der Waals surface area (Å²) in [6.45, 7) is 1.31. The number of carbonyl (C=O) groups is 1. The Hall–Kier alpha value is -1.46. The Morgan fingerprint density at radius 3 is 3.00 bits per heavy atom. The third-order valence-electron chi connectivity index (χ3n) is 2.22. The van der Waals surface area contributed by atoms with Crippen LogP contribution in [-0.2, 0) is 17.1 Å². The maximum absolute atomic E-state index is 13.1. The number of H-pyrrole nitrogens is 1.